The number of hydrogen-bond donors (Lipinski definition) is 3. The maximum Gasteiger partial charge on any atom is 0.373 e. The molecule has 0 aromatic heterocycles. The summed E-state index contributed by atoms with van der Waals surface area (Å²) in [6.07, 6.45) is 22.0. The van der Waals surface area contributed by atoms with Crippen LogP contribution < -0.4 is 16.2 Å². The molecule has 13 nitrogen and oxygen atoms in total. The molecule has 100 heavy (non-hydrogen) atoms. The lowest BCUT2D eigenvalue weighted by Crippen LogP contribution is -2.28. The predicted molar refractivity (Wildman–Crippen MR) is 455 cm³/mol. The van der Waals surface area contributed by atoms with E-state index in [1.807, 2.05) is 38.1 Å². The molecule has 0 saturated carbocycles. The lowest BCUT2D eigenvalue weighted by Gasteiger charge is -2.27. The number of ether oxygens (including phenoxy) is 1. The van der Waals surface area contributed by atoms with E-state index in [-0.39, 0.29) is 45.9 Å². The first-order valence-corrected chi connectivity index (χ1v) is 40.3. The van der Waals surface area contributed by atoms with Crippen LogP contribution in [0.15, 0.2) is 148 Å². The van der Waals surface area contributed by atoms with E-state index in [2.05, 4.69) is 311 Å². The van der Waals surface area contributed by atoms with Gasteiger partial charge in [-0.05, 0) is 319 Å². The van der Waals surface area contributed by atoms with E-state index >= 15 is 0 Å². The summed E-state index contributed by atoms with van der Waals surface area (Å²) >= 11 is 19.1. The molecule has 10 rings (SSSR count). The first-order valence-electron chi connectivity index (χ1n) is 34.5. The number of nitrogens with two attached hydrogens (primary N) is 1. The van der Waals surface area contributed by atoms with Crippen LogP contribution in [0, 0.1) is 23.8 Å². The smallest absolute Gasteiger partial charge is 0.373 e. The number of anilines is 2. The van der Waals surface area contributed by atoms with Crippen molar-refractivity contribution >= 4 is 195 Å². The van der Waals surface area contributed by atoms with Crippen LogP contribution in [0.3, 0.4) is 0 Å². The second-order valence-corrected chi connectivity index (χ2v) is 34.6. The summed E-state index contributed by atoms with van der Waals surface area (Å²) in [6, 6.07) is 34.6. The van der Waals surface area contributed by atoms with Crippen molar-refractivity contribution in [1.29, 1.82) is 0 Å². The number of halogens is 6. The number of carbonyl (C=O) groups is 3. The Labute approximate surface area is 669 Å². The predicted octanol–water partition coefficient (Wildman–Crippen LogP) is 21.9. The maximum absolute atomic E-state index is 11.0. The summed E-state index contributed by atoms with van der Waals surface area (Å²) in [5, 5.41) is 9.97. The summed E-state index contributed by atoms with van der Waals surface area (Å²) in [4.78, 5) is 54.5. The van der Waals surface area contributed by atoms with Crippen molar-refractivity contribution in [2.75, 3.05) is 36.6 Å². The zero-order valence-electron chi connectivity index (χ0n) is 60.8. The van der Waals surface area contributed by atoms with Gasteiger partial charge in [-0.3, -0.25) is 25.2 Å². The lowest BCUT2D eigenvalue weighted by molar-refractivity contribution is -0.439. The number of carbonyl (C=O) groups excluding carboxylic acids is 4. The second-order valence-electron chi connectivity index (χ2n) is 28.0. The van der Waals surface area contributed by atoms with Crippen molar-refractivity contribution in [1.82, 2.24) is 0 Å². The van der Waals surface area contributed by atoms with Gasteiger partial charge in [0, 0.05) is 124 Å². The van der Waals surface area contributed by atoms with Gasteiger partial charge in [-0.2, -0.15) is 18.7 Å². The molecule has 0 atom stereocenters. The normalized spacial score (nSPS) is 16.8. The summed E-state index contributed by atoms with van der Waals surface area (Å²) < 4.78 is 16.0. The average Bonchev–Trinajstić information content (AvgIpc) is 1.56. The summed E-state index contributed by atoms with van der Waals surface area (Å²) in [5.41, 5.74) is 21.8. The minimum atomic E-state index is -0.717. The van der Waals surface area contributed by atoms with Crippen molar-refractivity contribution < 1.29 is 43.0 Å². The molecule has 0 spiro atoms. The maximum atomic E-state index is 11.0. The van der Waals surface area contributed by atoms with Crippen LogP contribution in [0.1, 0.15) is 203 Å². The molecular formula is C81H102ClI5N6O7+2. The fourth-order valence-electron chi connectivity index (χ4n) is 12.7. The molecule has 5 aliphatic rings. The van der Waals surface area contributed by atoms with E-state index in [0.717, 1.165) is 87.4 Å². The molecule has 1 aliphatic carbocycles. The van der Waals surface area contributed by atoms with E-state index in [0.29, 0.717) is 19.5 Å². The van der Waals surface area contributed by atoms with Crippen LogP contribution in [-0.4, -0.2) is 82.0 Å². The molecule has 5 aromatic carbocycles. The topological polar surface area (TPSA) is 174 Å². The van der Waals surface area contributed by atoms with Crippen molar-refractivity contribution in [3.8, 4) is 0 Å². The van der Waals surface area contributed by atoms with E-state index in [1.54, 1.807) is 6.92 Å². The summed E-state index contributed by atoms with van der Waals surface area (Å²) in [6.45, 7) is 34.4. The number of allylic oxidation sites excluding steroid dienone is 8. The highest BCUT2D eigenvalue weighted by Crippen LogP contribution is 2.49. The van der Waals surface area contributed by atoms with E-state index in [9.17, 15) is 14.4 Å². The zero-order valence-corrected chi connectivity index (χ0v) is 72.3. The number of Topliss-reactive ketones (excluding diaryl/α,β-unsaturated/α-hetero) is 1. The highest BCUT2D eigenvalue weighted by Gasteiger charge is 2.45. The van der Waals surface area contributed by atoms with Crippen LogP contribution in [0.2, 0.25) is 0 Å². The van der Waals surface area contributed by atoms with Crippen molar-refractivity contribution in [2.45, 2.75) is 202 Å². The molecule has 0 unspecified atom stereocenters. The van der Waals surface area contributed by atoms with E-state index in [4.69, 9.17) is 36.9 Å². The fraction of sp³-hybridized carbons (Fsp3) is 0.444. The minimum Gasteiger partial charge on any atom is -0.481 e. The van der Waals surface area contributed by atoms with Crippen molar-refractivity contribution in [2.24, 2.45) is 16.8 Å². The van der Waals surface area contributed by atoms with Gasteiger partial charge in [0.1, 0.15) is 18.9 Å². The van der Waals surface area contributed by atoms with Gasteiger partial charge in [0.2, 0.25) is 11.4 Å². The molecule has 538 valence electrons. The Morgan fingerprint density at radius 3 is 1.79 bits per heavy atom. The van der Waals surface area contributed by atoms with Gasteiger partial charge in [0.15, 0.2) is 11.4 Å². The number of unbranched alkanes of at least 4 members (excludes halogenated alkanes) is 6. The number of nitrogens with one attached hydrogen (secondary N) is 1. The van der Waals surface area contributed by atoms with E-state index in [1.165, 1.54) is 110 Å². The molecule has 4 aliphatic heterocycles. The van der Waals surface area contributed by atoms with Gasteiger partial charge < -0.3 is 20.2 Å². The number of carboxylic acid groups (broad SMARTS) is 1. The Morgan fingerprint density at radius 1 is 0.680 bits per heavy atom. The monoisotopic (exact) mass is 1940 g/mol. The van der Waals surface area contributed by atoms with Crippen LogP contribution in [0.4, 0.5) is 28.4 Å². The Balaban J connectivity index is 0.000000279. The molecule has 4 N–H and O–H groups in total. The third-order valence-electron chi connectivity index (χ3n) is 19.4. The first kappa shape index (κ1) is 86.2. The summed E-state index contributed by atoms with van der Waals surface area (Å²) in [5.74, 6) is 4.90. The minimum absolute atomic E-state index is 0.0814. The van der Waals surface area contributed by atoms with Gasteiger partial charge >= 0.3 is 12.1 Å². The Hall–Kier alpha value is -4.44. The Kier molecular flexibility index (Phi) is 35.1. The Morgan fingerprint density at radius 2 is 1.21 bits per heavy atom. The van der Waals surface area contributed by atoms with Crippen molar-refractivity contribution in [3.63, 3.8) is 0 Å². The number of aliphatic carboxylic acids is 1. The molecule has 5 aromatic rings. The van der Waals surface area contributed by atoms with Gasteiger partial charge in [-0.1, -0.05) is 85.1 Å². The number of hydrogen-bond acceptors (Lipinski definition) is 10. The highest BCUT2D eigenvalue weighted by molar-refractivity contribution is 14.1. The SMILES string of the molecule is CC(=O)C(C)C.CC1=Nc2ccc(I)cc2C1(C)C.CC1=[N+](CCCCCOC=O)c2ccc(I)cc2C1(C)C.CCCCC[N+]1=C(/C=C/C2=C(Cl)C(=C/C=C3/N(CCCCCC(=O)O)c4ccc(I)cc4C3(C)C)/CCC2)C(C)(C)c2cc(I)ccc21.NNc1ccc(I)cc1.O=C=O. The van der Waals surface area contributed by atoms with Crippen LogP contribution in [0.5, 0.6) is 0 Å². The molecule has 0 fully saturated rings. The number of rotatable bonds is 22. The van der Waals surface area contributed by atoms with Gasteiger partial charge in [-0.25, -0.2) is 0 Å². The van der Waals surface area contributed by atoms with Gasteiger partial charge in [0.25, 0.3) is 6.47 Å². The summed E-state index contributed by atoms with van der Waals surface area (Å²) in [7, 11) is 0. The first-order chi connectivity index (χ1) is 47.2. The number of ketones is 1. The number of nitrogens with zero attached hydrogens (tertiary/aromatic N) is 4. The van der Waals surface area contributed by atoms with Crippen molar-refractivity contribution in [3.05, 3.63) is 183 Å². The molecule has 0 amide bonds. The van der Waals surface area contributed by atoms with Gasteiger partial charge in [-0.15, -0.1) is 0 Å². The standard InChI is InChI=1S/C41H49ClI2N2O2.C17H23INO2.C11H12IN.C6H7IN2.C5H10O.CO2/c1-6-7-10-24-45-34-20-18-30(43)26-32(34)40(2,3)36(45)22-16-28-13-12-14-29(39(28)42)17-23-37-41(4,5)33-27-31(44)19-21-35(33)46(37)25-11-8-9-15-38(47)48;1-13-17(2,3)15-11-14(18)7-8-16(15)19(13)9-5-4-6-10-21-12-20;1-7-11(2,3)9-6-8(12)4-5-10(9)13-7;7-5-1-3-6(9-8)4-2-5;1-4(2)5(3)6;2-1-3/h16-23,26-27H,6-15,24-25H2,1-5H3;7-8,11-12H,4-6,9-10H2,1-3H3;4-6H,1-3H3;1-4,9H,8H2;4H,1-3H3;/q;+1;;;;/p+1. The quantitative estimate of drug-likeness (QED) is 0.0151. The van der Waals surface area contributed by atoms with E-state index < -0.39 is 5.97 Å². The molecule has 0 saturated heterocycles. The molecule has 0 radical (unpaired) electrons. The molecular weight excluding hydrogens is 1840 g/mol. The number of benzene rings is 5. The molecule has 4 heterocycles. The van der Waals surface area contributed by atoms with Gasteiger partial charge in [0.05, 0.1) is 23.1 Å². The number of nitrogen functional groups attached to an aromatic ring is 1. The lowest BCUT2D eigenvalue weighted by atomic mass is 9.81. The third kappa shape index (κ3) is 23.5. The second kappa shape index (κ2) is 40.7. The van der Waals surface area contributed by atoms with Crippen LogP contribution >= 0.6 is 125 Å². The van der Waals surface area contributed by atoms with Crippen LogP contribution in [-0.2, 0) is 50.4 Å². The largest absolute Gasteiger partial charge is 0.481 e. The average molecular weight is 1940 g/mol. The Bertz CT molecular complexity index is 3950. The number of aliphatic imine (C=N–C) groups is 1. The highest BCUT2D eigenvalue weighted by atomic mass is 127. The number of carboxylic acids is 1. The number of hydrazine groups is 1. The molecule has 19 heteroatoms. The fourth-order valence-corrected chi connectivity index (χ4v) is 15.3. The zero-order chi connectivity index (χ0) is 74.3. The third-order valence-corrected chi connectivity index (χ3v) is 23.3. The van der Waals surface area contributed by atoms with Crippen LogP contribution in [0.25, 0.3) is 0 Å². The number of fused-ring (bicyclic) bond motifs is 4. The molecule has 0 bridgehead atoms.